The number of nitrogens with zero attached hydrogens (tertiary/aromatic N) is 2. The van der Waals surface area contributed by atoms with E-state index in [0.717, 1.165) is 54.5 Å². The Hall–Kier alpha value is -3.81. The number of hydrogen-bond acceptors (Lipinski definition) is 8. The lowest BCUT2D eigenvalue weighted by atomic mass is 9.87. The van der Waals surface area contributed by atoms with Crippen molar-refractivity contribution in [2.45, 2.75) is 51.2 Å². The number of rotatable bonds is 7. The van der Waals surface area contributed by atoms with Crippen LogP contribution in [0.5, 0.6) is 5.75 Å². The van der Waals surface area contributed by atoms with Gasteiger partial charge in [0.1, 0.15) is 12.3 Å². The lowest BCUT2D eigenvalue weighted by Gasteiger charge is -2.21. The number of carbonyl (C=O) groups excluding carboxylic acids is 2. The van der Waals surface area contributed by atoms with E-state index < -0.39 is 18.2 Å². The fraction of sp³-hybridized carbons (Fsp3) is 0.393. The summed E-state index contributed by atoms with van der Waals surface area (Å²) in [5, 5.41) is 4.43. The third-order valence-electron chi connectivity index (χ3n) is 6.69. The first kappa shape index (κ1) is 23.9. The molecule has 2 aromatic carbocycles. The summed E-state index contributed by atoms with van der Waals surface area (Å²) >= 11 is 0. The maximum atomic E-state index is 11.8. The van der Waals surface area contributed by atoms with Gasteiger partial charge in [-0.1, -0.05) is 56.4 Å². The smallest absolute Gasteiger partial charge is 0.356 e. The SMILES string of the molecule is O=C1/C=C\C(=O)ON2CC(N=C2Nc2ccc(Cc3ccc(OCCC4CCCCC4)cc3)cc2)O1. The second-order valence-corrected chi connectivity index (χ2v) is 9.43. The van der Waals surface area contributed by atoms with Crippen molar-refractivity contribution in [2.24, 2.45) is 10.9 Å². The van der Waals surface area contributed by atoms with Crippen molar-refractivity contribution < 1.29 is 23.9 Å². The maximum Gasteiger partial charge on any atom is 0.356 e. The zero-order chi connectivity index (χ0) is 24.7. The number of guanidine groups is 1. The van der Waals surface area contributed by atoms with E-state index in [1.807, 2.05) is 36.4 Å². The predicted molar refractivity (Wildman–Crippen MR) is 135 cm³/mol. The number of aliphatic imine (C=N–C) groups is 1. The Balaban J connectivity index is 1.12. The average Bonchev–Trinajstić information content (AvgIpc) is 3.27. The van der Waals surface area contributed by atoms with Crippen LogP contribution in [0.4, 0.5) is 5.69 Å². The van der Waals surface area contributed by atoms with Gasteiger partial charge in [-0.25, -0.2) is 14.6 Å². The van der Waals surface area contributed by atoms with Gasteiger partial charge >= 0.3 is 11.9 Å². The number of nitrogens with one attached hydrogen (secondary N) is 1. The van der Waals surface area contributed by atoms with E-state index in [1.165, 1.54) is 42.7 Å². The second-order valence-electron chi connectivity index (χ2n) is 9.43. The summed E-state index contributed by atoms with van der Waals surface area (Å²) < 4.78 is 11.2. The van der Waals surface area contributed by atoms with E-state index in [2.05, 4.69) is 22.4 Å². The Labute approximate surface area is 210 Å². The van der Waals surface area contributed by atoms with E-state index in [0.29, 0.717) is 5.96 Å². The number of anilines is 1. The number of hydroxylamine groups is 2. The first-order valence-corrected chi connectivity index (χ1v) is 12.6. The first-order chi connectivity index (χ1) is 17.6. The Bertz CT molecular complexity index is 1120. The zero-order valence-electron chi connectivity index (χ0n) is 20.2. The quantitative estimate of drug-likeness (QED) is 0.568. The summed E-state index contributed by atoms with van der Waals surface area (Å²) in [7, 11) is 0. The maximum absolute atomic E-state index is 11.8. The van der Waals surface area contributed by atoms with Crippen molar-refractivity contribution in [3.63, 3.8) is 0 Å². The molecule has 36 heavy (non-hydrogen) atoms. The molecule has 0 saturated heterocycles. The van der Waals surface area contributed by atoms with Gasteiger partial charge in [-0.05, 0) is 54.2 Å². The second kappa shape index (κ2) is 11.3. The largest absolute Gasteiger partial charge is 0.494 e. The summed E-state index contributed by atoms with van der Waals surface area (Å²) in [5.41, 5.74) is 3.15. The normalized spacial score (nSPS) is 20.9. The minimum Gasteiger partial charge on any atom is -0.494 e. The number of esters is 1. The highest BCUT2D eigenvalue weighted by Crippen LogP contribution is 2.26. The molecule has 1 fully saturated rings. The number of fused-ring (bicyclic) bond motifs is 2. The van der Waals surface area contributed by atoms with Crippen LogP contribution in [0.15, 0.2) is 65.7 Å². The molecule has 0 amide bonds. The molecule has 8 nitrogen and oxygen atoms in total. The highest BCUT2D eigenvalue weighted by atomic mass is 16.7. The fourth-order valence-electron chi connectivity index (χ4n) is 4.75. The van der Waals surface area contributed by atoms with Crippen LogP contribution in [0, 0.1) is 5.92 Å². The van der Waals surface area contributed by atoms with Gasteiger partial charge in [0.25, 0.3) is 0 Å². The molecule has 0 aromatic heterocycles. The topological polar surface area (TPSA) is 89.5 Å². The highest BCUT2D eigenvalue weighted by molar-refractivity contribution is 5.97. The third kappa shape index (κ3) is 6.44. The summed E-state index contributed by atoms with van der Waals surface area (Å²) in [4.78, 5) is 33.0. The van der Waals surface area contributed by atoms with E-state index in [4.69, 9.17) is 14.3 Å². The molecule has 1 unspecified atom stereocenters. The molecule has 1 N–H and O–H groups in total. The van der Waals surface area contributed by atoms with E-state index in [9.17, 15) is 9.59 Å². The Morgan fingerprint density at radius 3 is 2.36 bits per heavy atom. The molecule has 1 aliphatic carbocycles. The van der Waals surface area contributed by atoms with Crippen LogP contribution in [-0.2, 0) is 25.6 Å². The van der Waals surface area contributed by atoms with Crippen molar-refractivity contribution in [1.82, 2.24) is 5.06 Å². The van der Waals surface area contributed by atoms with E-state index >= 15 is 0 Å². The fourth-order valence-corrected chi connectivity index (χ4v) is 4.75. The van der Waals surface area contributed by atoms with Crippen LogP contribution in [0.25, 0.3) is 0 Å². The first-order valence-electron chi connectivity index (χ1n) is 12.6. The van der Waals surface area contributed by atoms with Gasteiger partial charge in [0.2, 0.25) is 12.2 Å². The van der Waals surface area contributed by atoms with Crippen LogP contribution in [0.3, 0.4) is 0 Å². The molecule has 5 rings (SSSR count). The minimum atomic E-state index is -0.742. The average molecular weight is 490 g/mol. The molecule has 2 aliphatic heterocycles. The van der Waals surface area contributed by atoms with Gasteiger partial charge in [0.05, 0.1) is 6.61 Å². The van der Waals surface area contributed by atoms with Crippen molar-refractivity contribution in [3.05, 3.63) is 71.8 Å². The van der Waals surface area contributed by atoms with Crippen molar-refractivity contribution in [3.8, 4) is 5.75 Å². The van der Waals surface area contributed by atoms with Crippen LogP contribution in [0.2, 0.25) is 0 Å². The molecule has 3 aliphatic rings. The van der Waals surface area contributed by atoms with Gasteiger partial charge in [-0.15, -0.1) is 0 Å². The molecule has 2 aromatic rings. The molecule has 2 bridgehead atoms. The van der Waals surface area contributed by atoms with Crippen LogP contribution in [0.1, 0.15) is 49.7 Å². The van der Waals surface area contributed by atoms with E-state index in [-0.39, 0.29) is 6.54 Å². The number of hydrogen-bond donors (Lipinski definition) is 1. The highest BCUT2D eigenvalue weighted by Gasteiger charge is 2.31. The summed E-state index contributed by atoms with van der Waals surface area (Å²) in [6.07, 6.45) is 10.1. The Kier molecular flexibility index (Phi) is 7.50. The van der Waals surface area contributed by atoms with Gasteiger partial charge in [-0.2, -0.15) is 5.06 Å². The molecular weight excluding hydrogens is 458 g/mol. The summed E-state index contributed by atoms with van der Waals surface area (Å²) in [6, 6.07) is 16.3. The lowest BCUT2D eigenvalue weighted by molar-refractivity contribution is -0.167. The number of ether oxygens (including phenoxy) is 2. The Morgan fingerprint density at radius 2 is 1.61 bits per heavy atom. The number of carbonyl (C=O) groups is 2. The molecule has 0 radical (unpaired) electrons. The zero-order valence-corrected chi connectivity index (χ0v) is 20.2. The van der Waals surface area contributed by atoms with Crippen LogP contribution >= 0.6 is 0 Å². The van der Waals surface area contributed by atoms with Gasteiger partial charge in [0.15, 0.2) is 0 Å². The monoisotopic (exact) mass is 489 g/mol. The molecule has 1 saturated carbocycles. The number of benzene rings is 2. The molecule has 188 valence electrons. The molecular formula is C28H31N3O5. The third-order valence-corrected chi connectivity index (χ3v) is 6.69. The lowest BCUT2D eigenvalue weighted by Crippen LogP contribution is -2.35. The van der Waals surface area contributed by atoms with Crippen molar-refractivity contribution >= 4 is 23.6 Å². The van der Waals surface area contributed by atoms with Crippen molar-refractivity contribution in [1.29, 1.82) is 0 Å². The molecule has 2 heterocycles. The van der Waals surface area contributed by atoms with Crippen LogP contribution in [-0.4, -0.2) is 42.3 Å². The molecule has 1 atom stereocenters. The van der Waals surface area contributed by atoms with E-state index in [1.54, 1.807) is 0 Å². The molecule has 0 spiro atoms. The van der Waals surface area contributed by atoms with Gasteiger partial charge < -0.3 is 19.6 Å². The minimum absolute atomic E-state index is 0.139. The molecule has 8 heteroatoms. The van der Waals surface area contributed by atoms with Crippen molar-refractivity contribution in [2.75, 3.05) is 18.5 Å². The summed E-state index contributed by atoms with van der Waals surface area (Å²) in [5.74, 6) is 0.766. The van der Waals surface area contributed by atoms with Gasteiger partial charge in [-0.3, -0.25) is 0 Å². The predicted octanol–water partition coefficient (Wildman–Crippen LogP) is 4.61. The van der Waals surface area contributed by atoms with Gasteiger partial charge in [0, 0.05) is 17.8 Å². The standard InChI is InChI=1S/C28H31N3O5/c32-26-14-15-27(33)36-31-19-25(35-26)30-28(31)29-23-10-6-21(7-11-23)18-22-8-12-24(13-9-22)34-17-16-20-4-2-1-3-5-20/h6-15,20,25H,1-5,16-19H2,(H,29,30)/b15-14-. The summed E-state index contributed by atoms with van der Waals surface area (Å²) in [6.45, 7) is 0.931. The van der Waals surface area contributed by atoms with Crippen LogP contribution < -0.4 is 10.1 Å². The Morgan fingerprint density at radius 1 is 0.917 bits per heavy atom.